The van der Waals surface area contributed by atoms with E-state index in [1.54, 1.807) is 10.7 Å². The minimum atomic E-state index is -1.07. The van der Waals surface area contributed by atoms with E-state index >= 15 is 0 Å². The van der Waals surface area contributed by atoms with Gasteiger partial charge in [-0.2, -0.15) is 5.10 Å². The quantitative estimate of drug-likeness (QED) is 0.628. The average molecular weight is 270 g/mol. The number of Topliss-reactive ketones (excluding diaryl/α,β-unsaturated/α-hetero) is 1. The highest BCUT2D eigenvalue weighted by atomic mass is 19.1. The molecule has 0 saturated heterocycles. The molecule has 2 unspecified atom stereocenters. The Kier molecular flexibility index (Phi) is 3.22. The fourth-order valence-electron chi connectivity index (χ4n) is 2.63. The topological polar surface area (TPSA) is 34.9 Å². The Morgan fingerprint density at radius 3 is 2.90 bits per heavy atom. The number of ketones is 1. The van der Waals surface area contributed by atoms with Crippen molar-refractivity contribution < 1.29 is 9.18 Å². The molecule has 0 bridgehead atoms. The molecule has 1 aliphatic rings. The number of nitrogens with zero attached hydrogens (tertiary/aromatic N) is 2. The summed E-state index contributed by atoms with van der Waals surface area (Å²) >= 11 is 0. The van der Waals surface area contributed by atoms with Crippen molar-refractivity contribution in [2.24, 2.45) is 0 Å². The molecule has 0 saturated carbocycles. The maximum atomic E-state index is 14.1. The van der Waals surface area contributed by atoms with Crippen LogP contribution in [0.4, 0.5) is 4.39 Å². The number of hydrogen-bond donors (Lipinski definition) is 0. The molecule has 4 heteroatoms. The zero-order chi connectivity index (χ0) is 14.1. The van der Waals surface area contributed by atoms with Gasteiger partial charge in [0.2, 0.25) is 0 Å². The van der Waals surface area contributed by atoms with Gasteiger partial charge in [0.1, 0.15) is 11.9 Å². The molecule has 0 amide bonds. The highest BCUT2D eigenvalue weighted by Crippen LogP contribution is 2.40. The first-order chi connectivity index (χ1) is 9.70. The van der Waals surface area contributed by atoms with Crippen molar-refractivity contribution in [1.29, 1.82) is 0 Å². The van der Waals surface area contributed by atoms with Gasteiger partial charge in [0.25, 0.3) is 0 Å². The molecule has 2 aromatic rings. The number of alkyl halides is 1. The third-order valence-corrected chi connectivity index (χ3v) is 3.61. The Morgan fingerprint density at radius 1 is 1.45 bits per heavy atom. The minimum absolute atomic E-state index is 0.124. The van der Waals surface area contributed by atoms with Gasteiger partial charge in [-0.1, -0.05) is 36.4 Å². The average Bonchev–Trinajstić information content (AvgIpc) is 3.01. The largest absolute Gasteiger partial charge is 0.292 e. The lowest BCUT2D eigenvalue weighted by Gasteiger charge is -2.11. The van der Waals surface area contributed by atoms with E-state index in [0.29, 0.717) is 17.8 Å². The number of fused-ring (bicyclic) bond motifs is 1. The SMILES string of the molecule is C=CCC(=O)c1cc2n(n1)C(c1ccccc1)CC2F. The van der Waals surface area contributed by atoms with Gasteiger partial charge in [0.15, 0.2) is 5.78 Å². The molecule has 0 N–H and O–H groups in total. The van der Waals surface area contributed by atoms with Crippen molar-refractivity contribution in [3.8, 4) is 0 Å². The Labute approximate surface area is 116 Å². The molecule has 2 heterocycles. The molecule has 3 nitrogen and oxygen atoms in total. The maximum Gasteiger partial charge on any atom is 0.186 e. The Morgan fingerprint density at radius 2 is 2.20 bits per heavy atom. The molecule has 1 aromatic carbocycles. The molecular formula is C16H15FN2O. The number of benzene rings is 1. The zero-order valence-corrected chi connectivity index (χ0v) is 11.0. The van der Waals surface area contributed by atoms with Gasteiger partial charge in [-0.05, 0) is 11.6 Å². The van der Waals surface area contributed by atoms with Gasteiger partial charge in [-0.3, -0.25) is 9.48 Å². The molecule has 20 heavy (non-hydrogen) atoms. The maximum absolute atomic E-state index is 14.1. The minimum Gasteiger partial charge on any atom is -0.292 e. The standard InChI is InChI=1S/C16H15FN2O/c1-2-6-16(20)13-10-15-12(17)9-14(19(15)18-13)11-7-4-3-5-8-11/h2-5,7-8,10,12,14H,1,6,9H2. The lowest BCUT2D eigenvalue weighted by atomic mass is 10.0. The van der Waals surface area contributed by atoms with E-state index in [0.717, 1.165) is 5.56 Å². The second-order valence-electron chi connectivity index (χ2n) is 4.94. The van der Waals surface area contributed by atoms with Gasteiger partial charge >= 0.3 is 0 Å². The molecule has 1 aliphatic heterocycles. The van der Waals surface area contributed by atoms with Crippen molar-refractivity contribution in [2.75, 3.05) is 0 Å². The van der Waals surface area contributed by atoms with Crippen molar-refractivity contribution in [2.45, 2.75) is 25.1 Å². The van der Waals surface area contributed by atoms with Crippen LogP contribution in [0, 0.1) is 0 Å². The smallest absolute Gasteiger partial charge is 0.186 e. The monoisotopic (exact) mass is 270 g/mol. The first-order valence-corrected chi connectivity index (χ1v) is 6.63. The number of carbonyl (C=O) groups excluding carboxylic acids is 1. The summed E-state index contributed by atoms with van der Waals surface area (Å²) in [6.07, 6.45) is 1.07. The van der Waals surface area contributed by atoms with Gasteiger partial charge in [-0.25, -0.2) is 4.39 Å². The van der Waals surface area contributed by atoms with Crippen LogP contribution < -0.4 is 0 Å². The zero-order valence-electron chi connectivity index (χ0n) is 11.0. The fraction of sp³-hybridized carbons (Fsp3) is 0.250. The van der Waals surface area contributed by atoms with E-state index in [-0.39, 0.29) is 18.2 Å². The lowest BCUT2D eigenvalue weighted by Crippen LogP contribution is -2.09. The van der Waals surface area contributed by atoms with Gasteiger partial charge < -0.3 is 0 Å². The van der Waals surface area contributed by atoms with Crippen molar-refractivity contribution in [3.63, 3.8) is 0 Å². The first kappa shape index (κ1) is 12.8. The van der Waals surface area contributed by atoms with Crippen LogP contribution in [0.1, 0.15) is 46.8 Å². The first-order valence-electron chi connectivity index (χ1n) is 6.63. The molecule has 2 atom stereocenters. The van der Waals surface area contributed by atoms with E-state index in [1.165, 1.54) is 6.08 Å². The van der Waals surface area contributed by atoms with Crippen LogP contribution in [-0.4, -0.2) is 15.6 Å². The number of aromatic nitrogens is 2. The molecule has 0 aliphatic carbocycles. The summed E-state index contributed by atoms with van der Waals surface area (Å²) in [4.78, 5) is 11.8. The molecule has 0 fully saturated rings. The molecule has 1 aromatic heterocycles. The third-order valence-electron chi connectivity index (χ3n) is 3.61. The van der Waals surface area contributed by atoms with Crippen molar-refractivity contribution in [3.05, 3.63) is 66.0 Å². The Balaban J connectivity index is 1.98. The Hall–Kier alpha value is -2.23. The number of allylic oxidation sites excluding steroid dienone is 1. The predicted octanol–water partition coefficient (Wildman–Crippen LogP) is 3.65. The highest BCUT2D eigenvalue weighted by molar-refractivity contribution is 5.95. The van der Waals surface area contributed by atoms with Crippen LogP contribution in [0.5, 0.6) is 0 Å². The van der Waals surface area contributed by atoms with E-state index in [9.17, 15) is 9.18 Å². The molecule has 0 radical (unpaired) electrons. The van der Waals surface area contributed by atoms with Crippen LogP contribution in [0.25, 0.3) is 0 Å². The molecule has 3 rings (SSSR count). The van der Waals surface area contributed by atoms with E-state index in [1.807, 2.05) is 30.3 Å². The number of carbonyl (C=O) groups is 1. The van der Waals surface area contributed by atoms with E-state index in [4.69, 9.17) is 0 Å². The molecule has 0 spiro atoms. The third kappa shape index (κ3) is 2.07. The lowest BCUT2D eigenvalue weighted by molar-refractivity contribution is 0.0990. The molecular weight excluding hydrogens is 255 g/mol. The number of hydrogen-bond acceptors (Lipinski definition) is 2. The number of halogens is 1. The summed E-state index contributed by atoms with van der Waals surface area (Å²) in [5.74, 6) is -0.124. The number of rotatable bonds is 4. The Bertz CT molecular complexity index is 648. The van der Waals surface area contributed by atoms with Crippen LogP contribution in [0.3, 0.4) is 0 Å². The van der Waals surface area contributed by atoms with Crippen molar-refractivity contribution >= 4 is 5.78 Å². The van der Waals surface area contributed by atoms with Gasteiger partial charge in [0.05, 0.1) is 11.7 Å². The van der Waals surface area contributed by atoms with Crippen LogP contribution in [0.2, 0.25) is 0 Å². The van der Waals surface area contributed by atoms with Crippen LogP contribution in [-0.2, 0) is 0 Å². The molecule has 102 valence electrons. The summed E-state index contributed by atoms with van der Waals surface area (Å²) in [6.45, 7) is 3.54. The van der Waals surface area contributed by atoms with Crippen molar-refractivity contribution in [1.82, 2.24) is 9.78 Å². The summed E-state index contributed by atoms with van der Waals surface area (Å²) < 4.78 is 15.8. The second-order valence-corrected chi connectivity index (χ2v) is 4.94. The summed E-state index contributed by atoms with van der Waals surface area (Å²) in [5.41, 5.74) is 1.83. The normalized spacial score (nSPS) is 20.6. The summed E-state index contributed by atoms with van der Waals surface area (Å²) in [6, 6.07) is 11.1. The summed E-state index contributed by atoms with van der Waals surface area (Å²) in [7, 11) is 0. The van der Waals surface area contributed by atoms with E-state index < -0.39 is 6.17 Å². The predicted molar refractivity (Wildman–Crippen MR) is 74.4 cm³/mol. The van der Waals surface area contributed by atoms with Gasteiger partial charge in [-0.15, -0.1) is 6.58 Å². The highest BCUT2D eigenvalue weighted by Gasteiger charge is 2.34. The second kappa shape index (κ2) is 5.04. The van der Waals surface area contributed by atoms with Crippen LogP contribution in [0.15, 0.2) is 49.1 Å². The van der Waals surface area contributed by atoms with E-state index in [2.05, 4.69) is 11.7 Å². The summed E-state index contributed by atoms with van der Waals surface area (Å²) in [5, 5.41) is 4.30. The van der Waals surface area contributed by atoms with Crippen LogP contribution >= 0.6 is 0 Å². The fourth-order valence-corrected chi connectivity index (χ4v) is 2.63. The van der Waals surface area contributed by atoms with Gasteiger partial charge in [0, 0.05) is 12.8 Å².